The molecule has 3 aromatic heterocycles. The normalized spacial score (nSPS) is 18.7. The van der Waals surface area contributed by atoms with Gasteiger partial charge in [-0.3, -0.25) is 19.0 Å². The number of likely N-dealkylation sites (N-methyl/N-ethyl adjacent to an activating group) is 1. The van der Waals surface area contributed by atoms with E-state index in [9.17, 15) is 14.7 Å². The molecule has 0 unspecified atom stereocenters. The zero-order valence-corrected chi connectivity index (χ0v) is 17.1. The van der Waals surface area contributed by atoms with Crippen molar-refractivity contribution in [3.63, 3.8) is 0 Å². The van der Waals surface area contributed by atoms with Crippen LogP contribution in [0.1, 0.15) is 23.0 Å². The second-order valence-corrected chi connectivity index (χ2v) is 7.55. The number of ketones is 1. The molecule has 3 aromatic rings. The minimum atomic E-state index is -0.696. The van der Waals surface area contributed by atoms with E-state index in [2.05, 4.69) is 9.97 Å². The molecule has 30 heavy (non-hydrogen) atoms. The highest BCUT2D eigenvalue weighted by Crippen LogP contribution is 2.39. The molecule has 4 heterocycles. The van der Waals surface area contributed by atoms with Gasteiger partial charge in [0.1, 0.15) is 11.3 Å². The summed E-state index contributed by atoms with van der Waals surface area (Å²) in [5.41, 5.74) is 2.43. The van der Waals surface area contributed by atoms with Gasteiger partial charge in [0.25, 0.3) is 11.7 Å². The van der Waals surface area contributed by atoms with Crippen LogP contribution in [0.2, 0.25) is 0 Å². The quantitative estimate of drug-likeness (QED) is 0.397. The summed E-state index contributed by atoms with van der Waals surface area (Å²) >= 11 is 0. The maximum absolute atomic E-state index is 13.1. The summed E-state index contributed by atoms with van der Waals surface area (Å²) in [5, 5.41) is 11.3. The van der Waals surface area contributed by atoms with Crippen LogP contribution in [-0.2, 0) is 9.59 Å². The number of rotatable bonds is 5. The lowest BCUT2D eigenvalue weighted by Gasteiger charge is -2.26. The van der Waals surface area contributed by atoms with Crippen LogP contribution in [0, 0.1) is 6.92 Å². The number of aryl methyl sites for hydroxylation is 1. The first-order valence-corrected chi connectivity index (χ1v) is 9.67. The number of pyridine rings is 2. The fourth-order valence-electron chi connectivity index (χ4n) is 3.84. The van der Waals surface area contributed by atoms with Crippen LogP contribution in [0.25, 0.3) is 11.4 Å². The van der Waals surface area contributed by atoms with Gasteiger partial charge in [0, 0.05) is 31.7 Å². The van der Waals surface area contributed by atoms with Gasteiger partial charge in [0.05, 0.1) is 17.3 Å². The molecule has 154 valence electrons. The number of Topliss-reactive ketones (excluding diaryl/α,β-unsaturated/α-hetero) is 1. The predicted molar refractivity (Wildman–Crippen MR) is 112 cm³/mol. The smallest absolute Gasteiger partial charge is 0.295 e. The fraction of sp³-hybridized carbons (Fsp3) is 0.273. The molecule has 1 aliphatic rings. The molecule has 1 saturated heterocycles. The van der Waals surface area contributed by atoms with Crippen LogP contribution >= 0.6 is 0 Å². The molecular weight excluding hydrogens is 382 g/mol. The average molecular weight is 405 g/mol. The van der Waals surface area contributed by atoms with E-state index < -0.39 is 17.7 Å². The number of hydrogen-bond donors (Lipinski definition) is 1. The standard InChI is InChI=1S/C22H23N5O3/c1-14-18(26-11-5-4-6-16(26)24-14)20(28)17-19(15-7-9-23-10-8-15)27(13-12-25(2)3)22(30)21(17)29/h4-11,19,28H,12-13H2,1-3H3/t19-/m1/s1. The van der Waals surface area contributed by atoms with Crippen LogP contribution in [0.15, 0.2) is 54.5 Å². The number of hydrogen-bond acceptors (Lipinski definition) is 6. The van der Waals surface area contributed by atoms with Crippen LogP contribution in [0.3, 0.4) is 0 Å². The summed E-state index contributed by atoms with van der Waals surface area (Å²) in [7, 11) is 3.81. The Labute approximate surface area is 174 Å². The number of carbonyl (C=O) groups excluding carboxylic acids is 2. The van der Waals surface area contributed by atoms with Crippen molar-refractivity contribution in [3.05, 3.63) is 71.4 Å². The first-order valence-electron chi connectivity index (χ1n) is 9.67. The van der Waals surface area contributed by atoms with Crippen molar-refractivity contribution < 1.29 is 14.7 Å². The Kier molecular flexibility index (Phi) is 5.09. The van der Waals surface area contributed by atoms with Crippen LogP contribution in [0.4, 0.5) is 0 Å². The van der Waals surface area contributed by atoms with E-state index in [0.717, 1.165) is 5.56 Å². The van der Waals surface area contributed by atoms with Gasteiger partial charge in [-0.2, -0.15) is 0 Å². The molecule has 8 heteroatoms. The van der Waals surface area contributed by atoms with E-state index in [1.54, 1.807) is 42.0 Å². The highest BCUT2D eigenvalue weighted by Gasteiger charge is 2.46. The lowest BCUT2D eigenvalue weighted by molar-refractivity contribution is -0.140. The number of aliphatic hydroxyl groups excluding tert-OH is 1. The van der Waals surface area contributed by atoms with Gasteiger partial charge in [-0.15, -0.1) is 0 Å². The fourth-order valence-corrected chi connectivity index (χ4v) is 3.84. The number of aliphatic hydroxyl groups is 1. The number of amides is 1. The summed E-state index contributed by atoms with van der Waals surface area (Å²) in [6.45, 7) is 2.71. The molecule has 4 rings (SSSR count). The number of aromatic nitrogens is 3. The minimum absolute atomic E-state index is 0.0682. The summed E-state index contributed by atoms with van der Waals surface area (Å²) in [6, 6.07) is 8.31. The summed E-state index contributed by atoms with van der Waals surface area (Å²) in [4.78, 5) is 37.9. The van der Waals surface area contributed by atoms with E-state index in [4.69, 9.17) is 0 Å². The minimum Gasteiger partial charge on any atom is -0.505 e. The molecule has 0 bridgehead atoms. The Balaban J connectivity index is 1.92. The average Bonchev–Trinajstić information content (AvgIpc) is 3.20. The summed E-state index contributed by atoms with van der Waals surface area (Å²) < 4.78 is 1.72. The highest BCUT2D eigenvalue weighted by molar-refractivity contribution is 6.46. The van der Waals surface area contributed by atoms with E-state index in [1.807, 2.05) is 37.2 Å². The van der Waals surface area contributed by atoms with Crippen LogP contribution < -0.4 is 0 Å². The van der Waals surface area contributed by atoms with E-state index in [0.29, 0.717) is 30.1 Å². The van der Waals surface area contributed by atoms with Crippen molar-refractivity contribution >= 4 is 23.1 Å². The second kappa shape index (κ2) is 7.72. The van der Waals surface area contributed by atoms with Gasteiger partial charge in [-0.05, 0) is 50.8 Å². The number of nitrogens with zero attached hydrogens (tertiary/aromatic N) is 5. The Hall–Kier alpha value is -3.52. The molecule has 1 fully saturated rings. The van der Waals surface area contributed by atoms with Crippen LogP contribution in [0.5, 0.6) is 0 Å². The van der Waals surface area contributed by atoms with Gasteiger partial charge >= 0.3 is 0 Å². The van der Waals surface area contributed by atoms with E-state index in [-0.39, 0.29) is 11.3 Å². The third-order valence-corrected chi connectivity index (χ3v) is 5.28. The highest BCUT2D eigenvalue weighted by atomic mass is 16.3. The van der Waals surface area contributed by atoms with Crippen molar-refractivity contribution in [1.29, 1.82) is 0 Å². The first kappa shape index (κ1) is 19.8. The van der Waals surface area contributed by atoms with Gasteiger partial charge in [0.15, 0.2) is 5.76 Å². The lowest BCUT2D eigenvalue weighted by atomic mass is 9.97. The van der Waals surface area contributed by atoms with Crippen molar-refractivity contribution in [3.8, 4) is 0 Å². The van der Waals surface area contributed by atoms with Crippen molar-refractivity contribution in [2.24, 2.45) is 0 Å². The molecule has 1 aliphatic heterocycles. The summed E-state index contributed by atoms with van der Waals surface area (Å²) in [6.07, 6.45) is 5.00. The monoisotopic (exact) mass is 405 g/mol. The Morgan fingerprint density at radius 1 is 1.17 bits per heavy atom. The topological polar surface area (TPSA) is 91.0 Å². The molecule has 0 aromatic carbocycles. The zero-order valence-electron chi connectivity index (χ0n) is 17.1. The molecule has 1 amide bonds. The third-order valence-electron chi connectivity index (χ3n) is 5.28. The third kappa shape index (κ3) is 3.25. The maximum Gasteiger partial charge on any atom is 0.295 e. The number of imidazole rings is 1. The van der Waals surface area contributed by atoms with Crippen molar-refractivity contribution in [2.45, 2.75) is 13.0 Å². The molecule has 1 atom stereocenters. The molecule has 0 aliphatic carbocycles. The Morgan fingerprint density at radius 3 is 2.60 bits per heavy atom. The molecule has 0 saturated carbocycles. The van der Waals surface area contributed by atoms with E-state index in [1.165, 1.54) is 4.90 Å². The molecule has 0 spiro atoms. The van der Waals surface area contributed by atoms with E-state index >= 15 is 0 Å². The zero-order chi connectivity index (χ0) is 21.4. The van der Waals surface area contributed by atoms with Gasteiger partial charge in [-0.25, -0.2) is 4.98 Å². The maximum atomic E-state index is 13.1. The SMILES string of the molecule is Cc1nc2ccccn2c1C(O)=C1C(=O)C(=O)N(CCN(C)C)[C@@H]1c1ccncc1. The van der Waals surface area contributed by atoms with Gasteiger partial charge < -0.3 is 14.9 Å². The first-order chi connectivity index (χ1) is 14.4. The Bertz CT molecular complexity index is 1150. The second-order valence-electron chi connectivity index (χ2n) is 7.55. The largest absolute Gasteiger partial charge is 0.505 e. The predicted octanol–water partition coefficient (Wildman–Crippen LogP) is 2.02. The lowest BCUT2D eigenvalue weighted by Crippen LogP contribution is -2.35. The van der Waals surface area contributed by atoms with Gasteiger partial charge in [-0.1, -0.05) is 6.07 Å². The molecular formula is C22H23N5O3. The summed E-state index contributed by atoms with van der Waals surface area (Å²) in [5.74, 6) is -1.54. The molecule has 0 radical (unpaired) electrons. The van der Waals surface area contributed by atoms with Crippen molar-refractivity contribution in [1.82, 2.24) is 24.2 Å². The Morgan fingerprint density at radius 2 is 1.90 bits per heavy atom. The molecule has 8 nitrogen and oxygen atoms in total. The number of carbonyl (C=O) groups is 2. The van der Waals surface area contributed by atoms with Crippen molar-refractivity contribution in [2.75, 3.05) is 27.2 Å². The molecule has 1 N–H and O–H groups in total. The van der Waals surface area contributed by atoms with Gasteiger partial charge in [0.2, 0.25) is 0 Å². The van der Waals surface area contributed by atoms with Crippen LogP contribution in [-0.4, -0.2) is 68.2 Å². The number of fused-ring (bicyclic) bond motifs is 1. The number of likely N-dealkylation sites (tertiary alicyclic amines) is 1.